The number of hydrogen-bond acceptors (Lipinski definition) is 5. The van der Waals surface area contributed by atoms with Crippen LogP contribution >= 0.6 is 11.3 Å². The van der Waals surface area contributed by atoms with E-state index in [1.165, 1.54) is 11.3 Å². The van der Waals surface area contributed by atoms with Gasteiger partial charge in [-0.1, -0.05) is 0 Å². The zero-order valence-corrected chi connectivity index (χ0v) is 11.9. The molecule has 0 aliphatic heterocycles. The number of carbonyl (C=O) groups excluding carboxylic acids is 2. The maximum Gasteiger partial charge on any atom is 0.372 e. The number of ketones is 2. The Bertz CT molecular complexity index is 712. The van der Waals surface area contributed by atoms with Crippen LogP contribution in [0.25, 0.3) is 10.4 Å². The number of aryl methyl sites for hydroxylation is 1. The molecule has 0 radical (unpaired) electrons. The molecule has 0 fully saturated rings. The molecule has 0 bridgehead atoms. The standard InChI is InChI=1S/C15H12O5S/c1-8-6-13(9-2-4-10(16)5-3-9)21-14(8)11(17)7-12(18)15(19)20/h2-6,16H,7H2,1H3,(H,19,20). The van der Waals surface area contributed by atoms with Gasteiger partial charge in [-0.05, 0) is 48.4 Å². The Morgan fingerprint density at radius 1 is 1.14 bits per heavy atom. The van der Waals surface area contributed by atoms with Crippen molar-refractivity contribution in [1.82, 2.24) is 0 Å². The molecule has 0 aliphatic rings. The molecular weight excluding hydrogens is 292 g/mol. The van der Waals surface area contributed by atoms with Crippen molar-refractivity contribution in [1.29, 1.82) is 0 Å². The quantitative estimate of drug-likeness (QED) is 0.503. The lowest BCUT2D eigenvalue weighted by Crippen LogP contribution is -2.16. The van der Waals surface area contributed by atoms with Crippen molar-refractivity contribution in [3.63, 3.8) is 0 Å². The molecule has 108 valence electrons. The van der Waals surface area contributed by atoms with Gasteiger partial charge in [-0.25, -0.2) is 4.79 Å². The summed E-state index contributed by atoms with van der Waals surface area (Å²) in [6, 6.07) is 8.32. The lowest BCUT2D eigenvalue weighted by atomic mass is 10.1. The number of phenols is 1. The van der Waals surface area contributed by atoms with Crippen molar-refractivity contribution in [2.75, 3.05) is 0 Å². The van der Waals surface area contributed by atoms with Gasteiger partial charge in [-0.15, -0.1) is 11.3 Å². The van der Waals surface area contributed by atoms with Gasteiger partial charge in [-0.3, -0.25) is 9.59 Å². The Morgan fingerprint density at radius 3 is 2.33 bits per heavy atom. The second-order valence-corrected chi connectivity index (χ2v) is 5.55. The fraction of sp³-hybridized carbons (Fsp3) is 0.133. The molecule has 1 aromatic carbocycles. The fourth-order valence-electron chi connectivity index (χ4n) is 1.83. The first-order chi connectivity index (χ1) is 9.88. The van der Waals surface area contributed by atoms with Crippen LogP contribution in [0.3, 0.4) is 0 Å². The van der Waals surface area contributed by atoms with E-state index in [2.05, 4.69) is 0 Å². The van der Waals surface area contributed by atoms with Gasteiger partial charge in [0.1, 0.15) is 5.75 Å². The number of Topliss-reactive ketones (excluding diaryl/α,β-unsaturated/α-hetero) is 2. The fourth-order valence-corrected chi connectivity index (χ4v) is 2.94. The number of carbonyl (C=O) groups is 3. The van der Waals surface area contributed by atoms with Crippen molar-refractivity contribution in [3.8, 4) is 16.2 Å². The molecule has 0 aliphatic carbocycles. The van der Waals surface area contributed by atoms with Gasteiger partial charge in [0.05, 0.1) is 11.3 Å². The summed E-state index contributed by atoms with van der Waals surface area (Å²) < 4.78 is 0. The van der Waals surface area contributed by atoms with Crippen LogP contribution in [0.1, 0.15) is 21.7 Å². The average molecular weight is 304 g/mol. The third-order valence-corrected chi connectivity index (χ3v) is 4.21. The van der Waals surface area contributed by atoms with Crippen LogP contribution in [0.5, 0.6) is 5.75 Å². The number of carboxylic acids is 1. The first-order valence-corrected chi connectivity index (χ1v) is 6.89. The molecule has 2 rings (SSSR count). The van der Waals surface area contributed by atoms with E-state index in [0.29, 0.717) is 10.4 Å². The van der Waals surface area contributed by atoms with E-state index >= 15 is 0 Å². The normalized spacial score (nSPS) is 10.3. The zero-order chi connectivity index (χ0) is 15.6. The number of carboxylic acid groups (broad SMARTS) is 1. The van der Waals surface area contributed by atoms with Crippen molar-refractivity contribution in [3.05, 3.63) is 40.8 Å². The summed E-state index contributed by atoms with van der Waals surface area (Å²) in [5.41, 5.74) is 1.54. The summed E-state index contributed by atoms with van der Waals surface area (Å²) in [6.07, 6.45) is -0.633. The SMILES string of the molecule is Cc1cc(-c2ccc(O)cc2)sc1C(=O)CC(=O)C(=O)O. The van der Waals surface area contributed by atoms with E-state index in [-0.39, 0.29) is 5.75 Å². The van der Waals surface area contributed by atoms with Gasteiger partial charge in [0.2, 0.25) is 5.78 Å². The smallest absolute Gasteiger partial charge is 0.372 e. The molecule has 2 aromatic rings. The van der Waals surface area contributed by atoms with E-state index in [4.69, 9.17) is 5.11 Å². The largest absolute Gasteiger partial charge is 0.508 e. The predicted octanol–water partition coefficient (Wildman–Crippen LogP) is 2.66. The second kappa shape index (κ2) is 5.88. The molecule has 5 nitrogen and oxygen atoms in total. The lowest BCUT2D eigenvalue weighted by Gasteiger charge is -1.97. The number of aromatic hydroxyl groups is 1. The third kappa shape index (κ3) is 3.35. The lowest BCUT2D eigenvalue weighted by molar-refractivity contribution is -0.148. The summed E-state index contributed by atoms with van der Waals surface area (Å²) in [7, 11) is 0. The number of phenolic OH excluding ortho intramolecular Hbond substituents is 1. The van der Waals surface area contributed by atoms with Crippen molar-refractivity contribution in [2.24, 2.45) is 0 Å². The Balaban J connectivity index is 2.27. The van der Waals surface area contributed by atoms with Crippen molar-refractivity contribution < 1.29 is 24.6 Å². The summed E-state index contributed by atoms with van der Waals surface area (Å²) in [5.74, 6) is -3.05. The maximum atomic E-state index is 12.0. The van der Waals surface area contributed by atoms with Crippen molar-refractivity contribution >= 4 is 28.9 Å². The van der Waals surface area contributed by atoms with E-state index in [0.717, 1.165) is 10.4 Å². The number of benzene rings is 1. The summed E-state index contributed by atoms with van der Waals surface area (Å²) in [6.45, 7) is 1.74. The minimum Gasteiger partial charge on any atom is -0.508 e. The van der Waals surface area contributed by atoms with Crippen molar-refractivity contribution in [2.45, 2.75) is 13.3 Å². The van der Waals surface area contributed by atoms with Crippen LogP contribution < -0.4 is 0 Å². The van der Waals surface area contributed by atoms with Gasteiger partial charge < -0.3 is 10.2 Å². The predicted molar refractivity (Wildman–Crippen MR) is 77.7 cm³/mol. The highest BCUT2D eigenvalue weighted by atomic mass is 32.1. The molecule has 6 heteroatoms. The Kier molecular flexibility index (Phi) is 4.18. The summed E-state index contributed by atoms with van der Waals surface area (Å²) >= 11 is 1.20. The maximum absolute atomic E-state index is 12.0. The number of rotatable bonds is 5. The highest BCUT2D eigenvalue weighted by Gasteiger charge is 2.21. The minimum absolute atomic E-state index is 0.149. The topological polar surface area (TPSA) is 91.7 Å². The van der Waals surface area contributed by atoms with Crippen LogP contribution in [0, 0.1) is 6.92 Å². The number of thiophene rings is 1. The van der Waals surface area contributed by atoms with Gasteiger partial charge in [0, 0.05) is 4.88 Å². The number of aliphatic carboxylic acids is 1. The molecule has 1 aromatic heterocycles. The van der Waals surface area contributed by atoms with Crippen LogP contribution in [-0.4, -0.2) is 27.7 Å². The zero-order valence-electron chi connectivity index (χ0n) is 11.1. The molecule has 0 saturated heterocycles. The molecule has 0 amide bonds. The van der Waals surface area contributed by atoms with Gasteiger partial charge >= 0.3 is 5.97 Å². The molecule has 0 unspecified atom stereocenters. The Morgan fingerprint density at radius 2 is 1.76 bits per heavy atom. The number of hydrogen-bond donors (Lipinski definition) is 2. The first-order valence-electron chi connectivity index (χ1n) is 6.07. The van der Waals surface area contributed by atoms with E-state index < -0.39 is 24.0 Å². The summed E-state index contributed by atoms with van der Waals surface area (Å²) in [5, 5.41) is 17.8. The highest BCUT2D eigenvalue weighted by molar-refractivity contribution is 7.17. The van der Waals surface area contributed by atoms with Crippen LogP contribution in [0.15, 0.2) is 30.3 Å². The second-order valence-electron chi connectivity index (χ2n) is 4.50. The van der Waals surface area contributed by atoms with Gasteiger partial charge in [0.25, 0.3) is 0 Å². The molecular formula is C15H12O5S. The molecule has 2 N–H and O–H groups in total. The van der Waals surface area contributed by atoms with E-state index in [1.807, 2.05) is 0 Å². The summed E-state index contributed by atoms with van der Waals surface area (Å²) in [4.78, 5) is 34.8. The van der Waals surface area contributed by atoms with Crippen LogP contribution in [-0.2, 0) is 9.59 Å². The molecule has 0 atom stereocenters. The van der Waals surface area contributed by atoms with Gasteiger partial charge in [0.15, 0.2) is 5.78 Å². The molecule has 0 saturated carbocycles. The minimum atomic E-state index is -1.60. The first kappa shape index (κ1) is 14.9. The van der Waals surface area contributed by atoms with Gasteiger partial charge in [-0.2, -0.15) is 0 Å². The Hall–Kier alpha value is -2.47. The molecule has 1 heterocycles. The Labute approximate surface area is 124 Å². The van der Waals surface area contributed by atoms with Crippen LogP contribution in [0.4, 0.5) is 0 Å². The monoisotopic (exact) mass is 304 g/mol. The molecule has 21 heavy (non-hydrogen) atoms. The third-order valence-electron chi connectivity index (χ3n) is 2.88. The average Bonchev–Trinajstić information content (AvgIpc) is 2.81. The van der Waals surface area contributed by atoms with Crippen LogP contribution in [0.2, 0.25) is 0 Å². The highest BCUT2D eigenvalue weighted by Crippen LogP contribution is 2.32. The van der Waals surface area contributed by atoms with E-state index in [9.17, 15) is 19.5 Å². The van der Waals surface area contributed by atoms with E-state index in [1.54, 1.807) is 37.3 Å². The molecule has 0 spiro atoms.